The minimum Gasteiger partial charge on any atom is -0.393 e. The first-order valence-electron chi connectivity index (χ1n) is 12.6. The SMILES string of the molecule is CN(C)c1ccc(/C=C2/C[C@@H]3[C@H]4CC[C@H]5C[C@@H](O)CC[C@]5(C)[C@@H]4CC[C@]3(C)[C@@H]2O)cc1. The molecule has 0 aliphatic heterocycles. The Labute approximate surface area is 188 Å². The predicted molar refractivity (Wildman–Crippen MR) is 128 cm³/mol. The molecule has 0 saturated heterocycles. The molecule has 4 aliphatic rings. The molecule has 5 rings (SSSR count). The number of fused-ring (bicyclic) bond motifs is 5. The fraction of sp³-hybridized carbons (Fsp3) is 0.714. The first kappa shape index (κ1) is 21.5. The molecule has 4 aliphatic carbocycles. The quantitative estimate of drug-likeness (QED) is 0.659. The zero-order valence-electron chi connectivity index (χ0n) is 19.8. The molecule has 2 N–H and O–H groups in total. The van der Waals surface area contributed by atoms with Gasteiger partial charge in [-0.1, -0.05) is 32.1 Å². The fourth-order valence-corrected chi connectivity index (χ4v) is 8.32. The summed E-state index contributed by atoms with van der Waals surface area (Å²) < 4.78 is 0. The number of aliphatic hydroxyl groups is 2. The molecule has 8 atom stereocenters. The van der Waals surface area contributed by atoms with Gasteiger partial charge in [0.2, 0.25) is 0 Å². The summed E-state index contributed by atoms with van der Waals surface area (Å²) in [5.74, 6) is 2.78. The third-order valence-electron chi connectivity index (χ3n) is 10.3. The van der Waals surface area contributed by atoms with E-state index in [4.69, 9.17) is 0 Å². The van der Waals surface area contributed by atoms with Crippen molar-refractivity contribution in [2.24, 2.45) is 34.5 Å². The van der Waals surface area contributed by atoms with Gasteiger partial charge in [0, 0.05) is 25.2 Å². The van der Waals surface area contributed by atoms with Gasteiger partial charge in [0.15, 0.2) is 0 Å². The average molecular weight is 424 g/mol. The lowest BCUT2D eigenvalue weighted by molar-refractivity contribution is -0.133. The smallest absolute Gasteiger partial charge is 0.0809 e. The first-order chi connectivity index (χ1) is 14.7. The number of hydrogen-bond acceptors (Lipinski definition) is 3. The zero-order valence-corrected chi connectivity index (χ0v) is 19.8. The number of aliphatic hydroxyl groups excluding tert-OH is 2. The van der Waals surface area contributed by atoms with E-state index in [0.29, 0.717) is 17.3 Å². The Morgan fingerprint density at radius 2 is 1.61 bits per heavy atom. The Morgan fingerprint density at radius 1 is 0.903 bits per heavy atom. The second-order valence-corrected chi connectivity index (χ2v) is 11.9. The summed E-state index contributed by atoms with van der Waals surface area (Å²) in [5, 5.41) is 21.7. The molecule has 0 heterocycles. The lowest BCUT2D eigenvalue weighted by atomic mass is 9.45. The van der Waals surface area contributed by atoms with Crippen LogP contribution in [0.5, 0.6) is 0 Å². The van der Waals surface area contributed by atoms with Crippen LogP contribution in [0.4, 0.5) is 5.69 Å². The number of nitrogens with zero attached hydrogens (tertiary/aromatic N) is 1. The van der Waals surface area contributed by atoms with Crippen LogP contribution in [0.25, 0.3) is 6.08 Å². The van der Waals surface area contributed by atoms with E-state index in [1.807, 2.05) is 0 Å². The molecule has 0 unspecified atom stereocenters. The van der Waals surface area contributed by atoms with Gasteiger partial charge in [0.05, 0.1) is 12.2 Å². The molecule has 3 nitrogen and oxygen atoms in total. The lowest BCUT2D eigenvalue weighted by Crippen LogP contribution is -2.54. The standard InChI is InChI=1S/C28H41NO2/c1-27-13-11-22(30)17-20(27)7-10-23-24(27)12-14-28(2)25(23)16-19(26(28)31)15-18-5-8-21(9-6-18)29(3)4/h5-6,8-9,15,20,22-26,30-31H,7,10-14,16-17H2,1-4H3/b19-15-/t20-,22-,23-,24+,25+,26+,27-,28-/m0/s1. The van der Waals surface area contributed by atoms with Crippen LogP contribution in [0.1, 0.15) is 70.8 Å². The van der Waals surface area contributed by atoms with E-state index in [9.17, 15) is 10.2 Å². The van der Waals surface area contributed by atoms with Gasteiger partial charge in [-0.15, -0.1) is 0 Å². The van der Waals surface area contributed by atoms with Crippen LogP contribution in [-0.2, 0) is 0 Å². The van der Waals surface area contributed by atoms with E-state index >= 15 is 0 Å². The van der Waals surface area contributed by atoms with Crippen molar-refractivity contribution in [3.63, 3.8) is 0 Å². The Kier molecular flexibility index (Phi) is 5.29. The van der Waals surface area contributed by atoms with Crippen molar-refractivity contribution in [1.29, 1.82) is 0 Å². The van der Waals surface area contributed by atoms with E-state index in [1.165, 1.54) is 42.5 Å². The predicted octanol–water partition coefficient (Wildman–Crippen LogP) is 5.51. The molecule has 170 valence electrons. The van der Waals surface area contributed by atoms with Gasteiger partial charge in [0.1, 0.15) is 0 Å². The topological polar surface area (TPSA) is 43.7 Å². The highest BCUT2D eigenvalue weighted by molar-refractivity contribution is 5.59. The second-order valence-electron chi connectivity index (χ2n) is 11.9. The van der Waals surface area contributed by atoms with Crippen LogP contribution in [0.15, 0.2) is 29.8 Å². The Morgan fingerprint density at radius 3 is 2.32 bits per heavy atom. The highest BCUT2D eigenvalue weighted by atomic mass is 16.3. The Bertz CT molecular complexity index is 845. The van der Waals surface area contributed by atoms with Gasteiger partial charge in [-0.2, -0.15) is 0 Å². The van der Waals surface area contributed by atoms with Crippen molar-refractivity contribution >= 4 is 11.8 Å². The van der Waals surface area contributed by atoms with Gasteiger partial charge in [-0.05, 0) is 104 Å². The van der Waals surface area contributed by atoms with Gasteiger partial charge in [0.25, 0.3) is 0 Å². The molecule has 0 bridgehead atoms. The Balaban J connectivity index is 1.40. The van der Waals surface area contributed by atoms with Crippen LogP contribution in [0, 0.1) is 34.5 Å². The van der Waals surface area contributed by atoms with Crippen LogP contribution in [0.3, 0.4) is 0 Å². The number of anilines is 1. The molecule has 1 aromatic carbocycles. The number of benzene rings is 1. The molecule has 0 aromatic heterocycles. The van der Waals surface area contributed by atoms with E-state index in [2.05, 4.69) is 63.2 Å². The third kappa shape index (κ3) is 3.38. The molecule has 0 radical (unpaired) electrons. The van der Waals surface area contributed by atoms with Crippen LogP contribution in [0.2, 0.25) is 0 Å². The molecule has 4 fully saturated rings. The first-order valence-corrected chi connectivity index (χ1v) is 12.6. The van der Waals surface area contributed by atoms with Gasteiger partial charge >= 0.3 is 0 Å². The van der Waals surface area contributed by atoms with E-state index < -0.39 is 0 Å². The number of rotatable bonds is 2. The van der Waals surface area contributed by atoms with Crippen molar-refractivity contribution in [2.75, 3.05) is 19.0 Å². The molecule has 3 heteroatoms. The maximum atomic E-state index is 11.5. The maximum Gasteiger partial charge on any atom is 0.0809 e. The van der Waals surface area contributed by atoms with Crippen molar-refractivity contribution < 1.29 is 10.2 Å². The fourth-order valence-electron chi connectivity index (χ4n) is 8.32. The molecular formula is C28H41NO2. The summed E-state index contributed by atoms with van der Waals surface area (Å²) in [6.07, 6.45) is 11.1. The second kappa shape index (κ2) is 7.63. The molecular weight excluding hydrogens is 382 g/mol. The third-order valence-corrected chi connectivity index (χ3v) is 10.3. The minimum atomic E-state index is -0.314. The summed E-state index contributed by atoms with van der Waals surface area (Å²) in [6, 6.07) is 8.69. The summed E-state index contributed by atoms with van der Waals surface area (Å²) >= 11 is 0. The number of hydrogen-bond donors (Lipinski definition) is 2. The van der Waals surface area contributed by atoms with Gasteiger partial charge in [-0.25, -0.2) is 0 Å². The average Bonchev–Trinajstić information content (AvgIpc) is 2.99. The van der Waals surface area contributed by atoms with E-state index in [0.717, 1.165) is 37.5 Å². The largest absolute Gasteiger partial charge is 0.393 e. The minimum absolute atomic E-state index is 0.0218. The van der Waals surface area contributed by atoms with Crippen molar-refractivity contribution in [1.82, 2.24) is 0 Å². The molecule has 0 spiro atoms. The monoisotopic (exact) mass is 423 g/mol. The van der Waals surface area contributed by atoms with Crippen LogP contribution >= 0.6 is 0 Å². The summed E-state index contributed by atoms with van der Waals surface area (Å²) in [7, 11) is 4.14. The van der Waals surface area contributed by atoms with E-state index in [-0.39, 0.29) is 17.6 Å². The maximum absolute atomic E-state index is 11.5. The highest BCUT2D eigenvalue weighted by Crippen LogP contribution is 2.67. The zero-order chi connectivity index (χ0) is 22.0. The van der Waals surface area contributed by atoms with Crippen molar-refractivity contribution in [3.8, 4) is 0 Å². The normalized spacial score (nSPS) is 45.7. The summed E-state index contributed by atoms with van der Waals surface area (Å²) in [6.45, 7) is 4.91. The molecule has 1 aromatic rings. The lowest BCUT2D eigenvalue weighted by Gasteiger charge is -2.60. The molecule has 31 heavy (non-hydrogen) atoms. The molecule has 0 amide bonds. The summed E-state index contributed by atoms with van der Waals surface area (Å²) in [5.41, 5.74) is 4.07. The van der Waals surface area contributed by atoms with Crippen molar-refractivity contribution in [3.05, 3.63) is 35.4 Å². The van der Waals surface area contributed by atoms with Gasteiger partial charge < -0.3 is 15.1 Å². The van der Waals surface area contributed by atoms with Gasteiger partial charge in [-0.3, -0.25) is 0 Å². The van der Waals surface area contributed by atoms with Crippen LogP contribution in [-0.4, -0.2) is 36.5 Å². The van der Waals surface area contributed by atoms with Crippen LogP contribution < -0.4 is 4.90 Å². The van der Waals surface area contributed by atoms with E-state index in [1.54, 1.807) is 0 Å². The summed E-state index contributed by atoms with van der Waals surface area (Å²) in [4.78, 5) is 2.12. The Hall–Kier alpha value is -1.32. The molecule has 4 saturated carbocycles. The van der Waals surface area contributed by atoms with Crippen molar-refractivity contribution in [2.45, 2.75) is 77.4 Å². The highest BCUT2D eigenvalue weighted by Gasteiger charge is 2.61.